The van der Waals surface area contributed by atoms with Crippen LogP contribution in [-0.2, 0) is 25.5 Å². The van der Waals surface area contributed by atoms with E-state index in [4.69, 9.17) is 14.2 Å². The van der Waals surface area contributed by atoms with E-state index in [9.17, 15) is 9.59 Å². The summed E-state index contributed by atoms with van der Waals surface area (Å²) in [5.41, 5.74) is 2.67. The van der Waals surface area contributed by atoms with Crippen LogP contribution < -0.4 is 4.74 Å². The zero-order valence-corrected chi connectivity index (χ0v) is 20.9. The first kappa shape index (κ1) is 26.9. The fourth-order valence-electron chi connectivity index (χ4n) is 4.69. The lowest BCUT2D eigenvalue weighted by Crippen LogP contribution is -2.19. The fraction of sp³-hybridized carbons (Fsp3) is 0.533. The van der Waals surface area contributed by atoms with Gasteiger partial charge < -0.3 is 19.0 Å². The normalized spacial score (nSPS) is 21.7. The molecule has 0 N–H and O–H groups in total. The Morgan fingerprint density at radius 2 is 1.71 bits per heavy atom. The lowest BCUT2D eigenvalue weighted by atomic mass is 9.78. The van der Waals surface area contributed by atoms with Crippen molar-refractivity contribution in [1.82, 2.24) is 0 Å². The molecule has 3 rings (SSSR count). The van der Waals surface area contributed by atoms with Crippen molar-refractivity contribution in [3.63, 3.8) is 0 Å². The van der Waals surface area contributed by atoms with E-state index in [1.807, 2.05) is 12.1 Å². The summed E-state index contributed by atoms with van der Waals surface area (Å²) >= 11 is 0. The summed E-state index contributed by atoms with van der Waals surface area (Å²) in [4.78, 5) is 21.9. The number of carbonyl (C=O) groups is 2. The molecule has 5 nitrogen and oxygen atoms in total. The molecule has 0 bridgehead atoms. The average Bonchev–Trinajstić information content (AvgIpc) is 2.91. The number of aldehydes is 1. The summed E-state index contributed by atoms with van der Waals surface area (Å²) < 4.78 is 16.9. The molecule has 5 heteroatoms. The number of unbranched alkanes of at least 4 members (excludes halogenated alkanes) is 3. The van der Waals surface area contributed by atoms with E-state index in [0.29, 0.717) is 25.7 Å². The molecule has 0 heterocycles. The van der Waals surface area contributed by atoms with Crippen molar-refractivity contribution in [2.24, 2.45) is 11.8 Å². The molecule has 2 aliphatic rings. The maximum Gasteiger partial charge on any atom is 0.330 e. The maximum absolute atomic E-state index is 11.0. The Hall–Kier alpha value is -2.66. The second-order valence-electron chi connectivity index (χ2n) is 9.48. The van der Waals surface area contributed by atoms with Gasteiger partial charge in [0.1, 0.15) is 12.0 Å². The molecule has 1 atom stereocenters. The minimum absolute atomic E-state index is 0.154. The Morgan fingerprint density at radius 3 is 2.37 bits per heavy atom. The molecule has 1 unspecified atom stereocenters. The van der Waals surface area contributed by atoms with Crippen LogP contribution in [0, 0.1) is 11.8 Å². The van der Waals surface area contributed by atoms with Gasteiger partial charge in [0.15, 0.2) is 0 Å². The van der Waals surface area contributed by atoms with Gasteiger partial charge in [0.05, 0.1) is 25.9 Å². The molecule has 1 aromatic carbocycles. The summed E-state index contributed by atoms with van der Waals surface area (Å²) in [6.45, 7) is 5.22. The van der Waals surface area contributed by atoms with Crippen molar-refractivity contribution < 1.29 is 23.8 Å². The van der Waals surface area contributed by atoms with Crippen molar-refractivity contribution in [2.45, 2.75) is 70.3 Å². The Bertz CT molecular complexity index is 846. The number of carbonyl (C=O) groups excluding carboxylic acids is 2. The average molecular weight is 481 g/mol. The zero-order valence-electron chi connectivity index (χ0n) is 20.9. The Morgan fingerprint density at radius 1 is 0.971 bits per heavy atom. The molecule has 0 saturated heterocycles. The summed E-state index contributed by atoms with van der Waals surface area (Å²) in [5.74, 6) is 1.42. The molecule has 0 aliphatic heterocycles. The monoisotopic (exact) mass is 480 g/mol. The second kappa shape index (κ2) is 15.4. The van der Waals surface area contributed by atoms with Gasteiger partial charge in [-0.1, -0.05) is 36.9 Å². The predicted octanol–water partition coefficient (Wildman–Crippen LogP) is 6.17. The van der Waals surface area contributed by atoms with E-state index in [1.54, 1.807) is 0 Å². The molecule has 1 saturated carbocycles. The van der Waals surface area contributed by atoms with Crippen LogP contribution in [0.15, 0.2) is 60.7 Å². The maximum atomic E-state index is 11.0. The largest absolute Gasteiger partial charge is 0.494 e. The Labute approximate surface area is 210 Å². The van der Waals surface area contributed by atoms with E-state index < -0.39 is 0 Å². The van der Waals surface area contributed by atoms with Crippen LogP contribution in [0.1, 0.15) is 63.4 Å². The van der Waals surface area contributed by atoms with Gasteiger partial charge in [0.25, 0.3) is 0 Å². The van der Waals surface area contributed by atoms with Gasteiger partial charge in [-0.2, -0.15) is 0 Å². The van der Waals surface area contributed by atoms with Crippen LogP contribution in [0.3, 0.4) is 0 Å². The molecule has 35 heavy (non-hydrogen) atoms. The highest BCUT2D eigenvalue weighted by Crippen LogP contribution is 2.34. The molecule has 0 amide bonds. The van der Waals surface area contributed by atoms with Gasteiger partial charge >= 0.3 is 5.97 Å². The Kier molecular flexibility index (Phi) is 11.8. The molecule has 2 aliphatic carbocycles. The third kappa shape index (κ3) is 9.85. The summed E-state index contributed by atoms with van der Waals surface area (Å²) in [5, 5.41) is 0. The first-order chi connectivity index (χ1) is 17.2. The fourth-order valence-corrected chi connectivity index (χ4v) is 4.69. The van der Waals surface area contributed by atoms with Crippen LogP contribution in [-0.4, -0.2) is 38.2 Å². The summed E-state index contributed by atoms with van der Waals surface area (Å²) in [6.07, 6.45) is 19.3. The number of ether oxygens (including phenoxy) is 3. The SMILES string of the molecule is C=CC(=O)OCCCCCCOc1ccc(CCOC2C=CC(C3CCC(C=O)CC3)=CC2)cc1. The van der Waals surface area contributed by atoms with Crippen LogP contribution in [0.2, 0.25) is 0 Å². The van der Waals surface area contributed by atoms with Crippen molar-refractivity contribution in [2.75, 3.05) is 19.8 Å². The molecular weight excluding hydrogens is 440 g/mol. The third-order valence-electron chi connectivity index (χ3n) is 6.89. The number of esters is 1. The van der Waals surface area contributed by atoms with Crippen molar-refractivity contribution in [3.8, 4) is 5.75 Å². The quantitative estimate of drug-likeness (QED) is 0.130. The highest BCUT2D eigenvalue weighted by molar-refractivity contribution is 5.81. The number of hydrogen-bond acceptors (Lipinski definition) is 5. The highest BCUT2D eigenvalue weighted by atomic mass is 16.5. The predicted molar refractivity (Wildman–Crippen MR) is 138 cm³/mol. The molecule has 0 aromatic heterocycles. The molecule has 0 radical (unpaired) electrons. The lowest BCUT2D eigenvalue weighted by Gasteiger charge is -2.28. The second-order valence-corrected chi connectivity index (χ2v) is 9.48. The van der Waals surface area contributed by atoms with Gasteiger partial charge in [-0.05, 0) is 93.4 Å². The van der Waals surface area contributed by atoms with Gasteiger partial charge in [0, 0.05) is 12.0 Å². The Balaban J connectivity index is 1.23. The molecule has 1 aromatic rings. The number of allylic oxidation sites excluding steroid dienone is 2. The highest BCUT2D eigenvalue weighted by Gasteiger charge is 2.23. The van der Waals surface area contributed by atoms with Crippen LogP contribution in [0.25, 0.3) is 0 Å². The molecule has 1 fully saturated rings. The third-order valence-corrected chi connectivity index (χ3v) is 6.89. The first-order valence-corrected chi connectivity index (χ1v) is 13.1. The van der Waals surface area contributed by atoms with Gasteiger partial charge in [-0.15, -0.1) is 0 Å². The van der Waals surface area contributed by atoms with Crippen molar-refractivity contribution in [3.05, 3.63) is 66.3 Å². The number of rotatable bonds is 15. The molecule has 0 spiro atoms. The van der Waals surface area contributed by atoms with E-state index in [-0.39, 0.29) is 18.0 Å². The van der Waals surface area contributed by atoms with Crippen LogP contribution in [0.5, 0.6) is 5.75 Å². The minimum Gasteiger partial charge on any atom is -0.494 e. The lowest BCUT2D eigenvalue weighted by molar-refractivity contribution is -0.137. The molecule has 190 valence electrons. The van der Waals surface area contributed by atoms with E-state index >= 15 is 0 Å². The summed E-state index contributed by atoms with van der Waals surface area (Å²) in [6, 6.07) is 8.27. The van der Waals surface area contributed by atoms with E-state index in [1.165, 1.54) is 17.2 Å². The van der Waals surface area contributed by atoms with Gasteiger partial charge in [0.2, 0.25) is 0 Å². The topological polar surface area (TPSA) is 61.8 Å². The van der Waals surface area contributed by atoms with Crippen molar-refractivity contribution in [1.29, 1.82) is 0 Å². The van der Waals surface area contributed by atoms with Gasteiger partial charge in [-0.25, -0.2) is 4.79 Å². The zero-order chi connectivity index (χ0) is 24.7. The number of benzene rings is 1. The summed E-state index contributed by atoms with van der Waals surface area (Å²) in [7, 11) is 0. The van der Waals surface area contributed by atoms with Crippen molar-refractivity contribution >= 4 is 12.3 Å². The standard InChI is InChI=1S/C30H40O5/c1-2-30(32)35-21-6-4-3-5-20-33-28-15-9-24(10-16-28)19-22-34-29-17-13-27(14-18-29)26-11-7-25(23-31)8-12-26/h2,9-10,13-17,23,25-26,29H,1,3-8,11-12,18-22H2. The van der Waals surface area contributed by atoms with E-state index in [0.717, 1.165) is 76.2 Å². The van der Waals surface area contributed by atoms with Crippen LogP contribution >= 0.6 is 0 Å². The van der Waals surface area contributed by atoms with Crippen LogP contribution in [0.4, 0.5) is 0 Å². The number of hydrogen-bond donors (Lipinski definition) is 0. The smallest absolute Gasteiger partial charge is 0.330 e. The molecular formula is C30H40O5. The first-order valence-electron chi connectivity index (χ1n) is 13.1. The van der Waals surface area contributed by atoms with Gasteiger partial charge in [-0.3, -0.25) is 0 Å². The van der Waals surface area contributed by atoms with E-state index in [2.05, 4.69) is 36.9 Å². The minimum atomic E-state index is -0.356.